The van der Waals surface area contributed by atoms with Crippen molar-refractivity contribution in [2.75, 3.05) is 31.1 Å². The van der Waals surface area contributed by atoms with Crippen LogP contribution in [0.4, 0.5) is 5.69 Å². The van der Waals surface area contributed by atoms with Crippen molar-refractivity contribution in [2.24, 2.45) is 0 Å². The van der Waals surface area contributed by atoms with Crippen molar-refractivity contribution in [2.45, 2.75) is 38.6 Å². The molecular formula is C16H26N2O. The second-order valence-electron chi connectivity index (χ2n) is 6.38. The molecule has 3 heteroatoms. The van der Waals surface area contributed by atoms with E-state index in [0.717, 1.165) is 19.5 Å². The first kappa shape index (κ1) is 14.4. The topological polar surface area (TPSA) is 35.5 Å². The van der Waals surface area contributed by atoms with Crippen LogP contribution in [0.25, 0.3) is 0 Å². The van der Waals surface area contributed by atoms with Gasteiger partial charge < -0.3 is 15.3 Å². The Bertz CT molecular complexity index is 411. The minimum absolute atomic E-state index is 0.174. The molecule has 1 fully saturated rings. The largest absolute Gasteiger partial charge is 0.395 e. The van der Waals surface area contributed by atoms with E-state index in [-0.39, 0.29) is 12.0 Å². The molecule has 2 rings (SSSR count). The van der Waals surface area contributed by atoms with E-state index in [0.29, 0.717) is 12.6 Å². The van der Waals surface area contributed by atoms with Crippen molar-refractivity contribution in [1.82, 2.24) is 5.32 Å². The van der Waals surface area contributed by atoms with Gasteiger partial charge in [0.25, 0.3) is 0 Å². The monoisotopic (exact) mass is 262 g/mol. The molecule has 1 aromatic carbocycles. The molecule has 1 atom stereocenters. The molecule has 0 radical (unpaired) electrons. The van der Waals surface area contributed by atoms with Crippen LogP contribution in [-0.2, 0) is 5.41 Å². The molecule has 1 aliphatic rings. The van der Waals surface area contributed by atoms with Gasteiger partial charge in [-0.05, 0) is 23.5 Å². The lowest BCUT2D eigenvalue weighted by Gasteiger charge is -2.28. The Balaban J connectivity index is 2.11. The highest BCUT2D eigenvalue weighted by molar-refractivity contribution is 5.57. The number of para-hydroxylation sites is 1. The van der Waals surface area contributed by atoms with Gasteiger partial charge in [-0.1, -0.05) is 39.0 Å². The van der Waals surface area contributed by atoms with Crippen LogP contribution < -0.4 is 10.2 Å². The number of aliphatic hydroxyl groups excluding tert-OH is 1. The SMILES string of the molecule is CC(C)(C)c1ccccc1N1CCC(NCCO)C1. The van der Waals surface area contributed by atoms with Gasteiger partial charge in [-0.15, -0.1) is 0 Å². The number of hydrogen-bond donors (Lipinski definition) is 2. The summed E-state index contributed by atoms with van der Waals surface area (Å²) in [7, 11) is 0. The number of rotatable bonds is 4. The maximum Gasteiger partial charge on any atom is 0.0556 e. The summed E-state index contributed by atoms with van der Waals surface area (Å²) in [5, 5.41) is 12.3. The second kappa shape index (κ2) is 5.93. The molecule has 2 N–H and O–H groups in total. The standard InChI is InChI=1S/C16H26N2O/c1-16(2,3)14-6-4-5-7-15(14)18-10-8-13(12-18)17-9-11-19/h4-7,13,17,19H,8-12H2,1-3H3. The van der Waals surface area contributed by atoms with E-state index in [1.54, 1.807) is 0 Å². The van der Waals surface area contributed by atoms with Crippen molar-refractivity contribution < 1.29 is 5.11 Å². The van der Waals surface area contributed by atoms with Gasteiger partial charge in [-0.3, -0.25) is 0 Å². The zero-order valence-corrected chi connectivity index (χ0v) is 12.3. The maximum absolute atomic E-state index is 8.88. The van der Waals surface area contributed by atoms with Crippen LogP contribution in [0.15, 0.2) is 24.3 Å². The number of nitrogens with zero attached hydrogens (tertiary/aromatic N) is 1. The van der Waals surface area contributed by atoms with Crippen LogP contribution in [-0.4, -0.2) is 37.4 Å². The number of nitrogens with one attached hydrogen (secondary N) is 1. The highest BCUT2D eigenvalue weighted by Crippen LogP contribution is 2.33. The van der Waals surface area contributed by atoms with Crippen LogP contribution in [0.5, 0.6) is 0 Å². The Hall–Kier alpha value is -1.06. The van der Waals surface area contributed by atoms with E-state index in [1.165, 1.54) is 11.3 Å². The molecule has 1 aliphatic heterocycles. The normalized spacial score (nSPS) is 20.0. The average molecular weight is 262 g/mol. The maximum atomic E-state index is 8.88. The first-order valence-corrected chi connectivity index (χ1v) is 7.21. The molecule has 1 heterocycles. The quantitative estimate of drug-likeness (QED) is 0.872. The van der Waals surface area contributed by atoms with E-state index >= 15 is 0 Å². The minimum Gasteiger partial charge on any atom is -0.395 e. The first-order valence-electron chi connectivity index (χ1n) is 7.21. The first-order chi connectivity index (χ1) is 9.02. The van der Waals surface area contributed by atoms with E-state index in [1.807, 2.05) is 0 Å². The summed E-state index contributed by atoms with van der Waals surface area (Å²) in [6, 6.07) is 9.22. The van der Waals surface area contributed by atoms with Crippen LogP contribution in [0, 0.1) is 0 Å². The zero-order valence-electron chi connectivity index (χ0n) is 12.3. The summed E-state index contributed by atoms with van der Waals surface area (Å²) in [6.45, 7) is 9.84. The molecule has 3 nitrogen and oxygen atoms in total. The van der Waals surface area contributed by atoms with Gasteiger partial charge in [-0.25, -0.2) is 0 Å². The number of benzene rings is 1. The van der Waals surface area contributed by atoms with Crippen LogP contribution in [0.2, 0.25) is 0 Å². The van der Waals surface area contributed by atoms with Crippen LogP contribution in [0.3, 0.4) is 0 Å². The van der Waals surface area contributed by atoms with Crippen molar-refractivity contribution in [3.63, 3.8) is 0 Å². The minimum atomic E-state index is 0.174. The highest BCUT2D eigenvalue weighted by Gasteiger charge is 2.26. The molecule has 0 bridgehead atoms. The molecule has 19 heavy (non-hydrogen) atoms. The van der Waals surface area contributed by atoms with Crippen molar-refractivity contribution >= 4 is 5.69 Å². The van der Waals surface area contributed by atoms with Crippen LogP contribution in [0.1, 0.15) is 32.8 Å². The third-order valence-corrected chi connectivity index (χ3v) is 3.79. The lowest BCUT2D eigenvalue weighted by Crippen LogP contribution is -2.34. The van der Waals surface area contributed by atoms with E-state index in [9.17, 15) is 0 Å². The van der Waals surface area contributed by atoms with Gasteiger partial charge in [0, 0.05) is 31.4 Å². The Morgan fingerprint density at radius 3 is 2.74 bits per heavy atom. The smallest absolute Gasteiger partial charge is 0.0556 e. The summed E-state index contributed by atoms with van der Waals surface area (Å²) in [5.74, 6) is 0. The summed E-state index contributed by atoms with van der Waals surface area (Å²) >= 11 is 0. The molecular weight excluding hydrogens is 236 g/mol. The van der Waals surface area contributed by atoms with Gasteiger partial charge in [0.15, 0.2) is 0 Å². The van der Waals surface area contributed by atoms with Crippen molar-refractivity contribution in [3.8, 4) is 0 Å². The molecule has 1 unspecified atom stereocenters. The fourth-order valence-corrected chi connectivity index (χ4v) is 2.80. The second-order valence-corrected chi connectivity index (χ2v) is 6.38. The van der Waals surface area contributed by atoms with Crippen LogP contribution >= 0.6 is 0 Å². The van der Waals surface area contributed by atoms with Gasteiger partial charge in [0.2, 0.25) is 0 Å². The fourth-order valence-electron chi connectivity index (χ4n) is 2.80. The summed E-state index contributed by atoms with van der Waals surface area (Å²) < 4.78 is 0. The predicted molar refractivity (Wildman–Crippen MR) is 80.8 cm³/mol. The predicted octanol–water partition coefficient (Wildman–Crippen LogP) is 2.14. The molecule has 0 aromatic heterocycles. The molecule has 1 aromatic rings. The van der Waals surface area contributed by atoms with Gasteiger partial charge in [0.05, 0.1) is 6.61 Å². The third kappa shape index (κ3) is 3.48. The Morgan fingerprint density at radius 2 is 2.05 bits per heavy atom. The molecule has 1 saturated heterocycles. The molecule has 0 amide bonds. The lowest BCUT2D eigenvalue weighted by molar-refractivity contribution is 0.286. The number of anilines is 1. The van der Waals surface area contributed by atoms with E-state index in [4.69, 9.17) is 5.11 Å². The molecule has 0 aliphatic carbocycles. The average Bonchev–Trinajstić information content (AvgIpc) is 2.84. The number of aliphatic hydroxyl groups is 1. The number of hydrogen-bond acceptors (Lipinski definition) is 3. The molecule has 0 spiro atoms. The Labute approximate surface area is 116 Å². The summed E-state index contributed by atoms with van der Waals surface area (Å²) in [6.07, 6.45) is 1.15. The highest BCUT2D eigenvalue weighted by atomic mass is 16.3. The summed E-state index contributed by atoms with van der Waals surface area (Å²) in [4.78, 5) is 2.47. The Morgan fingerprint density at radius 1 is 1.32 bits per heavy atom. The fraction of sp³-hybridized carbons (Fsp3) is 0.625. The van der Waals surface area contributed by atoms with Crippen molar-refractivity contribution in [3.05, 3.63) is 29.8 Å². The van der Waals surface area contributed by atoms with E-state index < -0.39 is 0 Å². The van der Waals surface area contributed by atoms with Gasteiger partial charge in [0.1, 0.15) is 0 Å². The van der Waals surface area contributed by atoms with Gasteiger partial charge in [-0.2, -0.15) is 0 Å². The Kier molecular flexibility index (Phi) is 4.48. The zero-order chi connectivity index (χ0) is 13.9. The lowest BCUT2D eigenvalue weighted by atomic mass is 9.85. The molecule has 0 saturated carbocycles. The van der Waals surface area contributed by atoms with E-state index in [2.05, 4.69) is 55.3 Å². The third-order valence-electron chi connectivity index (χ3n) is 3.79. The van der Waals surface area contributed by atoms with Gasteiger partial charge >= 0.3 is 0 Å². The summed E-state index contributed by atoms with van der Waals surface area (Å²) in [5.41, 5.74) is 2.95. The van der Waals surface area contributed by atoms with Crippen molar-refractivity contribution in [1.29, 1.82) is 0 Å². The molecule has 106 valence electrons.